The van der Waals surface area contributed by atoms with Crippen molar-refractivity contribution in [3.05, 3.63) is 70.2 Å². The quantitative estimate of drug-likeness (QED) is 0.187. The van der Waals surface area contributed by atoms with Crippen LogP contribution in [0.4, 0.5) is 19.1 Å². The van der Waals surface area contributed by atoms with Crippen LogP contribution < -0.4 is 20.1 Å². The van der Waals surface area contributed by atoms with Crippen LogP contribution in [0.3, 0.4) is 0 Å². The van der Waals surface area contributed by atoms with Gasteiger partial charge in [0.2, 0.25) is 17.7 Å². The van der Waals surface area contributed by atoms with Gasteiger partial charge in [-0.3, -0.25) is 9.59 Å². The highest BCUT2D eigenvalue weighted by molar-refractivity contribution is 6.14. The number of anilines is 1. The molecule has 1 aliphatic carbocycles. The fourth-order valence-corrected chi connectivity index (χ4v) is 7.31. The molecule has 1 unspecified atom stereocenters. The molecule has 1 amide bonds. The third kappa shape index (κ3) is 5.16. The molecule has 8 rings (SSSR count). The number of aryl methyl sites for hydroxylation is 1. The summed E-state index contributed by atoms with van der Waals surface area (Å²) in [4.78, 5) is 41.5. The second-order valence-corrected chi connectivity index (χ2v) is 13.3. The summed E-state index contributed by atoms with van der Waals surface area (Å²) in [5, 5.41) is 38.5. The number of ketones is 1. The molecule has 2 aromatic carbocycles. The Bertz CT molecular complexity index is 2440. The van der Waals surface area contributed by atoms with Gasteiger partial charge in [0, 0.05) is 30.6 Å². The predicted molar refractivity (Wildman–Crippen MR) is 182 cm³/mol. The van der Waals surface area contributed by atoms with Crippen molar-refractivity contribution in [2.24, 2.45) is 11.7 Å². The number of carbonyl (C=O) groups excluding carboxylic acids is 2. The number of ether oxygens (including phenoxy) is 2. The molecule has 272 valence electrons. The van der Waals surface area contributed by atoms with Crippen molar-refractivity contribution in [3.8, 4) is 45.8 Å². The first-order chi connectivity index (χ1) is 25.1. The zero-order chi connectivity index (χ0) is 37.7. The lowest BCUT2D eigenvalue weighted by molar-refractivity contribution is -0.274. The SMILES string of the molecule is Cc1nn(-c2ccc(OC(F)(F)F)cc2)c2c1C(=O)C1(C)C(=C2)Oc2c(-c3ccc4c(O)nc(N5CCC(C(N)=O)CC5)nc4n3)c(O)c(C)c(O)c21. The normalized spacial score (nSPS) is 18.3. The van der Waals surface area contributed by atoms with Gasteiger partial charge in [-0.1, -0.05) is 0 Å². The highest BCUT2D eigenvalue weighted by Gasteiger charge is 2.55. The minimum Gasteiger partial charge on any atom is -0.507 e. The van der Waals surface area contributed by atoms with Gasteiger partial charge in [-0.2, -0.15) is 15.1 Å². The summed E-state index contributed by atoms with van der Waals surface area (Å²) in [6, 6.07) is 8.02. The number of aromatic nitrogens is 5. The van der Waals surface area contributed by atoms with E-state index in [0.29, 0.717) is 43.0 Å². The third-order valence-corrected chi connectivity index (χ3v) is 10.2. The van der Waals surface area contributed by atoms with Crippen LogP contribution in [0.15, 0.2) is 42.2 Å². The topological polar surface area (TPSA) is 199 Å². The van der Waals surface area contributed by atoms with Crippen molar-refractivity contribution < 1.29 is 47.6 Å². The Labute approximate surface area is 297 Å². The van der Waals surface area contributed by atoms with Crippen molar-refractivity contribution in [2.75, 3.05) is 18.0 Å². The maximum Gasteiger partial charge on any atom is 0.573 e. The molecule has 14 nitrogen and oxygen atoms in total. The number of allylic oxidation sites excluding steroid dienone is 1. The molecule has 0 spiro atoms. The average Bonchev–Trinajstić information content (AvgIpc) is 3.60. The maximum absolute atomic E-state index is 14.5. The Morgan fingerprint density at radius 2 is 1.70 bits per heavy atom. The van der Waals surface area contributed by atoms with Crippen LogP contribution in [0.25, 0.3) is 34.1 Å². The first-order valence-electron chi connectivity index (χ1n) is 16.5. The van der Waals surface area contributed by atoms with Crippen molar-refractivity contribution in [3.63, 3.8) is 0 Å². The maximum atomic E-state index is 14.5. The minimum absolute atomic E-state index is 0.0254. The number of pyridine rings is 1. The highest BCUT2D eigenvalue weighted by atomic mass is 19.4. The van der Waals surface area contributed by atoms with Crippen LogP contribution in [0, 0.1) is 19.8 Å². The molecule has 0 saturated carbocycles. The smallest absolute Gasteiger partial charge is 0.507 e. The molecule has 3 aliphatic rings. The number of hydrogen-bond donors (Lipinski definition) is 4. The zero-order valence-electron chi connectivity index (χ0n) is 28.3. The monoisotopic (exact) mass is 729 g/mol. The van der Waals surface area contributed by atoms with E-state index in [1.165, 1.54) is 35.9 Å². The highest BCUT2D eigenvalue weighted by Crippen LogP contribution is 2.60. The molecule has 1 fully saturated rings. The number of phenols is 2. The number of phenolic OH excluding ortho intramolecular Hbond substituents is 2. The summed E-state index contributed by atoms with van der Waals surface area (Å²) in [6.45, 7) is 5.54. The largest absolute Gasteiger partial charge is 0.573 e. The molecule has 5 heterocycles. The van der Waals surface area contributed by atoms with E-state index in [-0.39, 0.29) is 85.6 Å². The van der Waals surface area contributed by atoms with E-state index in [4.69, 9.17) is 10.5 Å². The molecule has 17 heteroatoms. The molecular formula is C36H30F3N7O7. The lowest BCUT2D eigenvalue weighted by atomic mass is 9.71. The molecule has 1 saturated heterocycles. The van der Waals surface area contributed by atoms with E-state index in [0.717, 1.165) is 12.1 Å². The van der Waals surface area contributed by atoms with Gasteiger partial charge in [0.1, 0.15) is 34.2 Å². The van der Waals surface area contributed by atoms with Crippen LogP contribution >= 0.6 is 0 Å². The number of piperidine rings is 1. The number of fused-ring (bicyclic) bond motifs is 5. The molecule has 5 N–H and O–H groups in total. The molecule has 2 aliphatic heterocycles. The van der Waals surface area contributed by atoms with E-state index in [1.807, 2.05) is 4.90 Å². The zero-order valence-corrected chi connectivity index (χ0v) is 28.3. The van der Waals surface area contributed by atoms with Crippen LogP contribution in [-0.4, -0.2) is 71.2 Å². The predicted octanol–water partition coefficient (Wildman–Crippen LogP) is 5.10. The van der Waals surface area contributed by atoms with Crippen LogP contribution in [-0.2, 0) is 10.2 Å². The third-order valence-electron chi connectivity index (χ3n) is 10.2. The Hall–Kier alpha value is -6.39. The van der Waals surface area contributed by atoms with E-state index < -0.39 is 23.3 Å². The van der Waals surface area contributed by atoms with E-state index in [9.17, 15) is 38.1 Å². The lowest BCUT2D eigenvalue weighted by Gasteiger charge is -2.30. The number of Topliss-reactive ketones (excluding diaryl/α,β-unsaturated/α-hetero) is 1. The number of alkyl halides is 3. The van der Waals surface area contributed by atoms with Gasteiger partial charge in [0.05, 0.1) is 44.8 Å². The van der Waals surface area contributed by atoms with Gasteiger partial charge in [-0.25, -0.2) is 9.67 Å². The van der Waals surface area contributed by atoms with Gasteiger partial charge in [0.15, 0.2) is 11.4 Å². The molecular weight excluding hydrogens is 699 g/mol. The number of nitrogens with two attached hydrogens (primary N) is 1. The van der Waals surface area contributed by atoms with Crippen LogP contribution in [0.2, 0.25) is 0 Å². The number of nitrogens with zero attached hydrogens (tertiary/aromatic N) is 6. The standard InChI is InChI=1S/C36H30F3N7O7/c1-15-27(47)25(21-9-8-20-32(41-21)42-34(43-33(20)51)45-12-10-17(11-13-45)31(40)50)29-26(28(15)48)35(3)23(52-29)14-22-24(30(35)49)16(2)44-46(22)18-4-6-19(7-5-18)53-36(37,38)39/h4-9,14,17,47-48H,10-13H2,1-3H3,(H2,40,50)(H,41,42,43,51). The van der Waals surface area contributed by atoms with Gasteiger partial charge in [-0.15, -0.1) is 13.2 Å². The van der Waals surface area contributed by atoms with E-state index in [1.54, 1.807) is 19.9 Å². The number of benzene rings is 2. The number of rotatable bonds is 5. The van der Waals surface area contributed by atoms with Gasteiger partial charge < -0.3 is 35.4 Å². The number of halogens is 3. The van der Waals surface area contributed by atoms with Gasteiger partial charge in [-0.05, 0) is 70.0 Å². The van der Waals surface area contributed by atoms with Gasteiger partial charge >= 0.3 is 6.36 Å². The molecule has 0 radical (unpaired) electrons. The second-order valence-electron chi connectivity index (χ2n) is 13.3. The molecule has 5 aromatic rings. The molecule has 53 heavy (non-hydrogen) atoms. The van der Waals surface area contributed by atoms with Gasteiger partial charge in [0.25, 0.3) is 0 Å². The summed E-state index contributed by atoms with van der Waals surface area (Å²) in [5.41, 5.74) is 5.52. The fraction of sp³-hybridized carbons (Fsp3) is 0.278. The Kier molecular flexibility index (Phi) is 7.36. The number of amides is 1. The number of hydrogen-bond acceptors (Lipinski definition) is 12. The van der Waals surface area contributed by atoms with Crippen molar-refractivity contribution in [2.45, 2.75) is 45.4 Å². The minimum atomic E-state index is -4.87. The summed E-state index contributed by atoms with van der Waals surface area (Å²) >= 11 is 0. The van der Waals surface area contributed by atoms with Crippen LogP contribution in [0.5, 0.6) is 28.9 Å². The fourth-order valence-electron chi connectivity index (χ4n) is 7.31. The average molecular weight is 730 g/mol. The van der Waals surface area contributed by atoms with Crippen LogP contribution in [0.1, 0.15) is 52.6 Å². The summed E-state index contributed by atoms with van der Waals surface area (Å²) in [7, 11) is 0. The summed E-state index contributed by atoms with van der Waals surface area (Å²) in [5.74, 6) is -2.34. The van der Waals surface area contributed by atoms with E-state index in [2.05, 4.69) is 24.8 Å². The molecule has 0 bridgehead atoms. The Morgan fingerprint density at radius 3 is 2.36 bits per heavy atom. The first-order valence-corrected chi connectivity index (χ1v) is 16.5. The molecule has 1 atom stereocenters. The lowest BCUT2D eigenvalue weighted by Crippen LogP contribution is -2.39. The van der Waals surface area contributed by atoms with Crippen molar-refractivity contribution >= 4 is 34.7 Å². The van der Waals surface area contributed by atoms with Crippen molar-refractivity contribution in [1.82, 2.24) is 24.7 Å². The molecule has 3 aromatic heterocycles. The first kappa shape index (κ1) is 33.7. The number of carbonyl (C=O) groups is 2. The number of primary amides is 1. The number of aromatic hydroxyl groups is 3. The Balaban J connectivity index is 1.22. The summed E-state index contributed by atoms with van der Waals surface area (Å²) in [6.07, 6.45) is -2.32. The second kappa shape index (κ2) is 11.6. The van der Waals surface area contributed by atoms with E-state index >= 15 is 0 Å². The van der Waals surface area contributed by atoms with Crippen molar-refractivity contribution in [1.29, 1.82) is 0 Å². The summed E-state index contributed by atoms with van der Waals surface area (Å²) < 4.78 is 50.0. The Morgan fingerprint density at radius 1 is 1.00 bits per heavy atom.